The van der Waals surface area contributed by atoms with Crippen LogP contribution in [0.5, 0.6) is 0 Å². The Labute approximate surface area is 102 Å². The molecule has 3 atom stereocenters. The van der Waals surface area contributed by atoms with Gasteiger partial charge in [0.15, 0.2) is 0 Å². The highest BCUT2D eigenvalue weighted by Gasteiger charge is 2.22. The zero-order valence-electron chi connectivity index (χ0n) is 9.99. The van der Waals surface area contributed by atoms with Crippen LogP contribution in [0, 0.1) is 0 Å². The number of hydrogen-bond donors (Lipinski definition) is 2. The molecule has 1 heterocycles. The number of nitrogens with two attached hydrogens (primary N) is 1. The quantitative estimate of drug-likeness (QED) is 0.846. The molecule has 0 radical (unpaired) electrons. The Morgan fingerprint density at radius 1 is 1.56 bits per heavy atom. The van der Waals surface area contributed by atoms with Crippen LogP contribution in [0.3, 0.4) is 0 Å². The molecule has 3 heteroatoms. The summed E-state index contributed by atoms with van der Waals surface area (Å²) >= 11 is 1.85. The van der Waals surface area contributed by atoms with E-state index in [-0.39, 0.29) is 0 Å². The van der Waals surface area contributed by atoms with Gasteiger partial charge in [-0.3, -0.25) is 0 Å². The molecule has 0 bridgehead atoms. The van der Waals surface area contributed by atoms with Gasteiger partial charge in [0.05, 0.1) is 0 Å². The third kappa shape index (κ3) is 3.06. The Balaban J connectivity index is 1.91. The van der Waals surface area contributed by atoms with E-state index >= 15 is 0 Å². The van der Waals surface area contributed by atoms with E-state index < -0.39 is 0 Å². The van der Waals surface area contributed by atoms with Crippen LogP contribution >= 0.6 is 11.3 Å². The zero-order valence-corrected chi connectivity index (χ0v) is 10.8. The van der Waals surface area contributed by atoms with Gasteiger partial charge in [0, 0.05) is 23.0 Å². The van der Waals surface area contributed by atoms with E-state index in [1.165, 1.54) is 24.1 Å². The zero-order chi connectivity index (χ0) is 11.4. The van der Waals surface area contributed by atoms with E-state index in [0.29, 0.717) is 18.1 Å². The summed E-state index contributed by atoms with van der Waals surface area (Å²) in [6.07, 6.45) is 6.07. The minimum Gasteiger partial charge on any atom is -0.328 e. The van der Waals surface area contributed by atoms with Gasteiger partial charge in [0.2, 0.25) is 0 Å². The highest BCUT2D eigenvalue weighted by atomic mass is 32.1. The van der Waals surface area contributed by atoms with Crippen molar-refractivity contribution in [3.05, 3.63) is 22.4 Å². The van der Waals surface area contributed by atoms with E-state index in [1.54, 1.807) is 0 Å². The van der Waals surface area contributed by atoms with Gasteiger partial charge in [-0.1, -0.05) is 19.4 Å². The number of thiophene rings is 1. The predicted molar refractivity (Wildman–Crippen MR) is 70.7 cm³/mol. The number of hydrogen-bond acceptors (Lipinski definition) is 3. The molecule has 3 N–H and O–H groups in total. The molecule has 2 rings (SSSR count). The van der Waals surface area contributed by atoms with E-state index in [4.69, 9.17) is 5.73 Å². The summed E-state index contributed by atoms with van der Waals surface area (Å²) in [5.74, 6) is 0. The first-order valence-corrected chi connectivity index (χ1v) is 7.22. The molecule has 90 valence electrons. The monoisotopic (exact) mass is 238 g/mol. The van der Waals surface area contributed by atoms with Crippen LogP contribution in [0.25, 0.3) is 0 Å². The molecule has 0 aliphatic heterocycles. The maximum absolute atomic E-state index is 6.02. The molecule has 3 unspecified atom stereocenters. The fraction of sp³-hybridized carbons (Fsp3) is 0.692. The van der Waals surface area contributed by atoms with Crippen LogP contribution in [0.2, 0.25) is 0 Å². The minimum atomic E-state index is 0.409. The molecule has 0 spiro atoms. The largest absolute Gasteiger partial charge is 0.328 e. The van der Waals surface area contributed by atoms with E-state index in [0.717, 1.165) is 12.8 Å². The molecule has 0 saturated heterocycles. The van der Waals surface area contributed by atoms with Crippen molar-refractivity contribution >= 4 is 11.3 Å². The summed E-state index contributed by atoms with van der Waals surface area (Å²) in [6, 6.07) is 5.92. The summed E-state index contributed by atoms with van der Waals surface area (Å²) in [4.78, 5) is 1.46. The number of rotatable bonds is 4. The molecular weight excluding hydrogens is 216 g/mol. The second kappa shape index (κ2) is 5.80. The summed E-state index contributed by atoms with van der Waals surface area (Å²) < 4.78 is 0. The first-order chi connectivity index (χ1) is 7.79. The van der Waals surface area contributed by atoms with Gasteiger partial charge in [-0.15, -0.1) is 11.3 Å². The fourth-order valence-electron chi connectivity index (χ4n) is 2.55. The molecule has 2 nitrogen and oxygen atoms in total. The van der Waals surface area contributed by atoms with Crippen LogP contribution in [-0.4, -0.2) is 12.1 Å². The Bertz CT molecular complexity index is 297. The van der Waals surface area contributed by atoms with Gasteiger partial charge in [-0.25, -0.2) is 0 Å². The first-order valence-electron chi connectivity index (χ1n) is 6.34. The summed E-state index contributed by atoms with van der Waals surface area (Å²) in [5, 5.41) is 5.93. The predicted octanol–water partition coefficient (Wildman–Crippen LogP) is 3.06. The Hall–Kier alpha value is -0.380. The summed E-state index contributed by atoms with van der Waals surface area (Å²) in [5.41, 5.74) is 6.02. The Morgan fingerprint density at radius 3 is 3.06 bits per heavy atom. The summed E-state index contributed by atoms with van der Waals surface area (Å²) in [7, 11) is 0. The average molecular weight is 238 g/mol. The third-order valence-electron chi connectivity index (χ3n) is 3.45. The molecule has 1 aliphatic rings. The van der Waals surface area contributed by atoms with Gasteiger partial charge in [0.25, 0.3) is 0 Å². The summed E-state index contributed by atoms with van der Waals surface area (Å²) in [6.45, 7) is 2.25. The average Bonchev–Trinajstić information content (AvgIpc) is 2.79. The van der Waals surface area contributed by atoms with E-state index in [1.807, 2.05) is 11.3 Å². The van der Waals surface area contributed by atoms with E-state index in [2.05, 4.69) is 29.8 Å². The molecule has 1 aromatic heterocycles. The minimum absolute atomic E-state index is 0.409. The van der Waals surface area contributed by atoms with Gasteiger partial charge in [-0.05, 0) is 37.1 Å². The highest BCUT2D eigenvalue weighted by molar-refractivity contribution is 7.10. The van der Waals surface area contributed by atoms with Gasteiger partial charge in [-0.2, -0.15) is 0 Å². The van der Waals surface area contributed by atoms with Crippen molar-refractivity contribution in [2.45, 2.75) is 57.2 Å². The van der Waals surface area contributed by atoms with Crippen molar-refractivity contribution < 1.29 is 0 Å². The van der Waals surface area contributed by atoms with Crippen molar-refractivity contribution in [3.8, 4) is 0 Å². The molecular formula is C13H22N2S. The lowest BCUT2D eigenvalue weighted by molar-refractivity contribution is 0.311. The van der Waals surface area contributed by atoms with Gasteiger partial charge >= 0.3 is 0 Å². The number of nitrogens with one attached hydrogen (secondary N) is 1. The standard InChI is InChI=1S/C13H22N2S/c1-2-12(13-7-4-8-16-13)15-11-6-3-5-10(14)9-11/h4,7-8,10-12,15H,2-3,5-6,9,14H2,1H3. The fourth-order valence-corrected chi connectivity index (χ4v) is 3.42. The maximum atomic E-state index is 6.02. The topological polar surface area (TPSA) is 38.0 Å². The molecule has 0 aromatic carbocycles. The third-order valence-corrected chi connectivity index (χ3v) is 4.43. The second-order valence-corrected chi connectivity index (χ2v) is 5.75. The van der Waals surface area contributed by atoms with Gasteiger partial charge < -0.3 is 11.1 Å². The lowest BCUT2D eigenvalue weighted by Gasteiger charge is -2.30. The lowest BCUT2D eigenvalue weighted by atomic mass is 9.91. The van der Waals surface area contributed by atoms with Crippen molar-refractivity contribution in [2.24, 2.45) is 5.73 Å². The van der Waals surface area contributed by atoms with Crippen molar-refractivity contribution in [3.63, 3.8) is 0 Å². The van der Waals surface area contributed by atoms with Crippen molar-refractivity contribution in [1.82, 2.24) is 5.32 Å². The van der Waals surface area contributed by atoms with Crippen LogP contribution in [-0.2, 0) is 0 Å². The Kier molecular flexibility index (Phi) is 4.38. The Morgan fingerprint density at radius 2 is 2.44 bits per heavy atom. The SMILES string of the molecule is CCC(NC1CCCC(N)C1)c1cccs1. The van der Waals surface area contributed by atoms with Crippen molar-refractivity contribution in [2.75, 3.05) is 0 Å². The van der Waals surface area contributed by atoms with Crippen LogP contribution in [0.1, 0.15) is 49.9 Å². The molecule has 0 amide bonds. The first kappa shape index (κ1) is 12.1. The molecule has 1 saturated carbocycles. The molecule has 16 heavy (non-hydrogen) atoms. The normalized spacial score (nSPS) is 27.9. The van der Waals surface area contributed by atoms with Crippen LogP contribution < -0.4 is 11.1 Å². The van der Waals surface area contributed by atoms with Gasteiger partial charge in [0.1, 0.15) is 0 Å². The maximum Gasteiger partial charge on any atom is 0.0414 e. The molecule has 1 fully saturated rings. The van der Waals surface area contributed by atoms with Crippen LogP contribution in [0.4, 0.5) is 0 Å². The smallest absolute Gasteiger partial charge is 0.0414 e. The molecule has 1 aliphatic carbocycles. The van der Waals surface area contributed by atoms with Crippen LogP contribution in [0.15, 0.2) is 17.5 Å². The lowest BCUT2D eigenvalue weighted by Crippen LogP contribution is -2.40. The highest BCUT2D eigenvalue weighted by Crippen LogP contribution is 2.25. The molecule has 1 aromatic rings. The van der Waals surface area contributed by atoms with Crippen molar-refractivity contribution in [1.29, 1.82) is 0 Å². The second-order valence-electron chi connectivity index (χ2n) is 4.77. The van der Waals surface area contributed by atoms with E-state index in [9.17, 15) is 0 Å².